The zero-order valence-corrected chi connectivity index (χ0v) is 17.2. The maximum absolute atomic E-state index is 13.3. The first-order valence-electron chi connectivity index (χ1n) is 9.19. The topological polar surface area (TPSA) is 79.4 Å². The van der Waals surface area contributed by atoms with Crippen molar-refractivity contribution in [1.29, 1.82) is 0 Å². The molecule has 0 unspecified atom stereocenters. The predicted molar refractivity (Wildman–Crippen MR) is 113 cm³/mol. The summed E-state index contributed by atoms with van der Waals surface area (Å²) in [6.45, 7) is 3.72. The number of amides is 1. The molecule has 0 fully saturated rings. The molecule has 1 aromatic heterocycles. The Balaban J connectivity index is 1.91. The molecule has 29 heavy (non-hydrogen) atoms. The van der Waals surface area contributed by atoms with Crippen molar-refractivity contribution in [1.82, 2.24) is 10.3 Å². The van der Waals surface area contributed by atoms with Crippen LogP contribution in [0.2, 0.25) is 0 Å². The first kappa shape index (κ1) is 20.5. The fraction of sp³-hybridized carbons (Fsp3) is 0.182. The van der Waals surface area contributed by atoms with Crippen LogP contribution < -0.4 is 9.62 Å². The molecule has 0 aliphatic heterocycles. The molecule has 0 bridgehead atoms. The fourth-order valence-corrected chi connectivity index (χ4v) is 4.41. The average Bonchev–Trinajstić information content (AvgIpc) is 2.74. The summed E-state index contributed by atoms with van der Waals surface area (Å²) >= 11 is 0. The zero-order chi connectivity index (χ0) is 20.9. The largest absolute Gasteiger partial charge is 0.350 e. The number of anilines is 1. The summed E-state index contributed by atoms with van der Waals surface area (Å²) in [6, 6.07) is 17.2. The number of pyridine rings is 1. The molecule has 0 radical (unpaired) electrons. The van der Waals surface area contributed by atoms with E-state index in [1.807, 2.05) is 26.0 Å². The van der Waals surface area contributed by atoms with Crippen LogP contribution in [0.3, 0.4) is 0 Å². The van der Waals surface area contributed by atoms with Crippen LogP contribution in [0.4, 0.5) is 5.69 Å². The van der Waals surface area contributed by atoms with Gasteiger partial charge < -0.3 is 5.32 Å². The Kier molecular flexibility index (Phi) is 6.29. The number of carbonyl (C=O) groups excluding carboxylic acids is 1. The van der Waals surface area contributed by atoms with E-state index in [1.165, 1.54) is 16.4 Å². The van der Waals surface area contributed by atoms with Gasteiger partial charge in [0.15, 0.2) is 0 Å². The molecular formula is C22H23N3O3S. The summed E-state index contributed by atoms with van der Waals surface area (Å²) in [5.74, 6) is -0.394. The van der Waals surface area contributed by atoms with E-state index in [-0.39, 0.29) is 18.0 Å². The average molecular weight is 410 g/mol. The minimum absolute atomic E-state index is 0.140. The molecule has 0 saturated carbocycles. The van der Waals surface area contributed by atoms with Crippen LogP contribution in [0.25, 0.3) is 0 Å². The van der Waals surface area contributed by atoms with E-state index >= 15 is 0 Å². The Labute approximate surface area is 171 Å². The Bertz CT molecular complexity index is 1080. The van der Waals surface area contributed by atoms with Crippen molar-refractivity contribution in [2.45, 2.75) is 25.3 Å². The minimum atomic E-state index is -3.91. The van der Waals surface area contributed by atoms with Crippen LogP contribution in [0.1, 0.15) is 16.7 Å². The minimum Gasteiger partial charge on any atom is -0.350 e. The quantitative estimate of drug-likeness (QED) is 0.650. The number of aromatic nitrogens is 1. The maximum atomic E-state index is 13.3. The molecule has 0 saturated heterocycles. The number of nitrogens with zero attached hydrogens (tertiary/aromatic N) is 2. The molecule has 2 aromatic carbocycles. The number of rotatable bonds is 7. The first-order valence-corrected chi connectivity index (χ1v) is 10.6. The van der Waals surface area contributed by atoms with E-state index in [4.69, 9.17) is 0 Å². The van der Waals surface area contributed by atoms with Crippen molar-refractivity contribution in [2.75, 3.05) is 10.8 Å². The molecule has 1 heterocycles. The number of sulfonamides is 1. The number of nitrogens with one attached hydrogen (secondary N) is 1. The Morgan fingerprint density at radius 2 is 1.76 bits per heavy atom. The number of hydrogen-bond acceptors (Lipinski definition) is 4. The highest BCUT2D eigenvalue weighted by Gasteiger charge is 2.28. The van der Waals surface area contributed by atoms with Crippen molar-refractivity contribution in [3.63, 3.8) is 0 Å². The van der Waals surface area contributed by atoms with Crippen LogP contribution in [-0.4, -0.2) is 25.9 Å². The number of benzene rings is 2. The van der Waals surface area contributed by atoms with Crippen LogP contribution in [0, 0.1) is 13.8 Å². The van der Waals surface area contributed by atoms with E-state index in [0.717, 1.165) is 16.7 Å². The smallest absolute Gasteiger partial charge is 0.264 e. The third kappa shape index (κ3) is 4.81. The van der Waals surface area contributed by atoms with Gasteiger partial charge in [0.1, 0.15) is 6.54 Å². The molecule has 3 rings (SSSR count). The molecule has 1 amide bonds. The maximum Gasteiger partial charge on any atom is 0.264 e. The standard InChI is InChI=1S/C22H23N3O3S/c1-17-8-6-12-21(18(17)2)25(29(27,28)20-10-4-3-5-11-20)16-22(26)24-15-19-9-7-13-23-14-19/h3-14H,15-16H2,1-2H3,(H,24,26). The highest BCUT2D eigenvalue weighted by molar-refractivity contribution is 7.92. The summed E-state index contributed by atoms with van der Waals surface area (Å²) < 4.78 is 27.9. The van der Waals surface area contributed by atoms with E-state index in [1.54, 1.807) is 48.8 Å². The lowest BCUT2D eigenvalue weighted by atomic mass is 10.1. The predicted octanol–water partition coefficient (Wildman–Crippen LogP) is 3.21. The van der Waals surface area contributed by atoms with Crippen molar-refractivity contribution in [2.24, 2.45) is 0 Å². The van der Waals surface area contributed by atoms with Gasteiger partial charge in [-0.05, 0) is 54.8 Å². The highest BCUT2D eigenvalue weighted by atomic mass is 32.2. The zero-order valence-electron chi connectivity index (χ0n) is 16.4. The molecule has 7 heteroatoms. The third-order valence-corrected chi connectivity index (χ3v) is 6.45. The van der Waals surface area contributed by atoms with Crippen molar-refractivity contribution in [3.05, 3.63) is 89.7 Å². The van der Waals surface area contributed by atoms with Gasteiger partial charge in [-0.1, -0.05) is 36.4 Å². The fourth-order valence-electron chi connectivity index (χ4n) is 2.91. The molecule has 0 atom stereocenters. The van der Waals surface area contributed by atoms with E-state index in [9.17, 15) is 13.2 Å². The highest BCUT2D eigenvalue weighted by Crippen LogP contribution is 2.28. The van der Waals surface area contributed by atoms with Gasteiger partial charge in [0.25, 0.3) is 10.0 Å². The SMILES string of the molecule is Cc1cccc(N(CC(=O)NCc2cccnc2)S(=O)(=O)c2ccccc2)c1C. The lowest BCUT2D eigenvalue weighted by Gasteiger charge is -2.26. The third-order valence-electron chi connectivity index (χ3n) is 4.68. The van der Waals surface area contributed by atoms with E-state index in [0.29, 0.717) is 5.69 Å². The summed E-state index contributed by atoms with van der Waals surface area (Å²) in [6.07, 6.45) is 3.31. The van der Waals surface area contributed by atoms with Crippen LogP contribution in [0.15, 0.2) is 78.0 Å². The van der Waals surface area contributed by atoms with Crippen LogP contribution in [0.5, 0.6) is 0 Å². The molecule has 6 nitrogen and oxygen atoms in total. The molecule has 0 spiro atoms. The monoisotopic (exact) mass is 409 g/mol. The van der Waals surface area contributed by atoms with Gasteiger partial charge in [0.05, 0.1) is 10.6 Å². The molecule has 3 aromatic rings. The van der Waals surface area contributed by atoms with E-state index in [2.05, 4.69) is 10.3 Å². The number of aryl methyl sites for hydroxylation is 1. The normalized spacial score (nSPS) is 11.1. The van der Waals surface area contributed by atoms with Gasteiger partial charge in [-0.15, -0.1) is 0 Å². The van der Waals surface area contributed by atoms with Crippen molar-refractivity contribution < 1.29 is 13.2 Å². The Morgan fingerprint density at radius 1 is 1.00 bits per heavy atom. The van der Waals surface area contributed by atoms with E-state index < -0.39 is 15.9 Å². The lowest BCUT2D eigenvalue weighted by Crippen LogP contribution is -2.41. The van der Waals surface area contributed by atoms with Crippen LogP contribution in [-0.2, 0) is 21.4 Å². The van der Waals surface area contributed by atoms with Gasteiger partial charge in [-0.2, -0.15) is 0 Å². The van der Waals surface area contributed by atoms with Crippen LogP contribution >= 0.6 is 0 Å². The summed E-state index contributed by atoms with van der Waals surface area (Å²) in [5, 5.41) is 2.77. The molecular weight excluding hydrogens is 386 g/mol. The van der Waals surface area contributed by atoms with Crippen molar-refractivity contribution in [3.8, 4) is 0 Å². The molecule has 1 N–H and O–H groups in total. The Morgan fingerprint density at radius 3 is 2.45 bits per heavy atom. The van der Waals surface area contributed by atoms with Gasteiger partial charge >= 0.3 is 0 Å². The van der Waals surface area contributed by atoms with Crippen molar-refractivity contribution >= 4 is 21.6 Å². The lowest BCUT2D eigenvalue weighted by molar-refractivity contribution is -0.119. The summed E-state index contributed by atoms with van der Waals surface area (Å²) in [5.41, 5.74) is 3.09. The second kappa shape index (κ2) is 8.87. The second-order valence-electron chi connectivity index (χ2n) is 6.68. The van der Waals surface area contributed by atoms with Gasteiger partial charge in [-0.25, -0.2) is 8.42 Å². The molecule has 0 aliphatic rings. The first-order chi connectivity index (χ1) is 13.9. The molecule has 0 aliphatic carbocycles. The second-order valence-corrected chi connectivity index (χ2v) is 8.54. The molecule has 150 valence electrons. The number of carbonyl (C=O) groups is 1. The van der Waals surface area contributed by atoms with Gasteiger partial charge in [0, 0.05) is 18.9 Å². The van der Waals surface area contributed by atoms with Gasteiger partial charge in [-0.3, -0.25) is 14.1 Å². The Hall–Kier alpha value is -3.19. The number of hydrogen-bond donors (Lipinski definition) is 1. The summed E-state index contributed by atoms with van der Waals surface area (Å²) in [7, 11) is -3.91. The van der Waals surface area contributed by atoms with Gasteiger partial charge in [0.2, 0.25) is 5.91 Å². The summed E-state index contributed by atoms with van der Waals surface area (Å²) in [4.78, 5) is 16.8.